The number of amides is 2. The Hall–Kier alpha value is -3.41. The molecule has 2 amide bonds. The van der Waals surface area contributed by atoms with Crippen molar-refractivity contribution >= 4 is 11.8 Å². The molecular formula is C20H20N4O2. The first-order valence-corrected chi connectivity index (χ1v) is 8.35. The van der Waals surface area contributed by atoms with Gasteiger partial charge in [-0.25, -0.2) is 4.68 Å². The van der Waals surface area contributed by atoms with Gasteiger partial charge in [0.15, 0.2) is 0 Å². The number of nitrogens with zero attached hydrogens (tertiary/aromatic N) is 3. The second-order valence-corrected chi connectivity index (χ2v) is 5.93. The summed E-state index contributed by atoms with van der Waals surface area (Å²) in [5.74, 6) is -0.578. The molecule has 3 rings (SSSR count). The number of benzene rings is 2. The summed E-state index contributed by atoms with van der Waals surface area (Å²) in [5.41, 5.74) is 7.61. The quantitative estimate of drug-likeness (QED) is 0.712. The number of nitrogens with two attached hydrogens (primary N) is 1. The van der Waals surface area contributed by atoms with Gasteiger partial charge in [-0.2, -0.15) is 5.10 Å². The molecule has 0 unspecified atom stereocenters. The summed E-state index contributed by atoms with van der Waals surface area (Å²) in [6.07, 6.45) is 3.62. The molecule has 1 aromatic heterocycles. The summed E-state index contributed by atoms with van der Waals surface area (Å²) in [6, 6.07) is 18.7. The molecule has 0 aliphatic rings. The minimum atomic E-state index is -0.429. The van der Waals surface area contributed by atoms with Crippen molar-refractivity contribution in [3.05, 3.63) is 84.2 Å². The second-order valence-electron chi connectivity index (χ2n) is 5.93. The van der Waals surface area contributed by atoms with Crippen molar-refractivity contribution in [1.82, 2.24) is 14.7 Å². The zero-order chi connectivity index (χ0) is 18.4. The van der Waals surface area contributed by atoms with Crippen LogP contribution < -0.4 is 5.73 Å². The highest BCUT2D eigenvalue weighted by Gasteiger charge is 2.17. The average Bonchev–Trinajstić information content (AvgIpc) is 3.20. The summed E-state index contributed by atoms with van der Waals surface area (Å²) in [4.78, 5) is 25.9. The van der Waals surface area contributed by atoms with Crippen LogP contribution in [-0.2, 0) is 11.3 Å². The Kier molecular flexibility index (Phi) is 5.43. The Morgan fingerprint density at radius 1 is 1.04 bits per heavy atom. The summed E-state index contributed by atoms with van der Waals surface area (Å²) in [6.45, 7) is 0.689. The van der Waals surface area contributed by atoms with Gasteiger partial charge in [0.05, 0.1) is 5.69 Å². The largest absolute Gasteiger partial charge is 0.370 e. The maximum Gasteiger partial charge on any atom is 0.254 e. The predicted octanol–water partition coefficient (Wildman–Crippen LogP) is 2.39. The van der Waals surface area contributed by atoms with Gasteiger partial charge in [-0.15, -0.1) is 0 Å². The molecule has 6 nitrogen and oxygen atoms in total. The highest BCUT2D eigenvalue weighted by molar-refractivity contribution is 5.95. The van der Waals surface area contributed by atoms with Crippen LogP contribution in [0.15, 0.2) is 73.1 Å². The van der Waals surface area contributed by atoms with E-state index in [9.17, 15) is 9.59 Å². The first-order valence-electron chi connectivity index (χ1n) is 8.35. The number of primary amides is 1. The minimum Gasteiger partial charge on any atom is -0.370 e. The van der Waals surface area contributed by atoms with E-state index in [-0.39, 0.29) is 18.9 Å². The van der Waals surface area contributed by atoms with Crippen LogP contribution in [0.2, 0.25) is 0 Å². The normalized spacial score (nSPS) is 10.5. The van der Waals surface area contributed by atoms with E-state index in [0.717, 1.165) is 11.3 Å². The van der Waals surface area contributed by atoms with Crippen LogP contribution in [0.1, 0.15) is 22.3 Å². The number of hydrogen-bond acceptors (Lipinski definition) is 3. The van der Waals surface area contributed by atoms with Gasteiger partial charge in [0.2, 0.25) is 5.91 Å². The smallest absolute Gasteiger partial charge is 0.254 e. The number of rotatable bonds is 7. The van der Waals surface area contributed by atoms with Gasteiger partial charge in [-0.05, 0) is 29.8 Å². The summed E-state index contributed by atoms with van der Waals surface area (Å²) >= 11 is 0. The van der Waals surface area contributed by atoms with Gasteiger partial charge in [0.1, 0.15) is 0 Å². The fraction of sp³-hybridized carbons (Fsp3) is 0.150. The highest BCUT2D eigenvalue weighted by Crippen LogP contribution is 2.14. The Morgan fingerprint density at radius 2 is 1.85 bits per heavy atom. The fourth-order valence-electron chi connectivity index (χ4n) is 2.69. The summed E-state index contributed by atoms with van der Waals surface area (Å²) in [7, 11) is 0. The average molecular weight is 348 g/mol. The van der Waals surface area contributed by atoms with Crippen molar-refractivity contribution in [2.45, 2.75) is 13.0 Å². The molecule has 3 aromatic rings. The molecule has 0 saturated carbocycles. The molecule has 0 fully saturated rings. The molecule has 132 valence electrons. The van der Waals surface area contributed by atoms with Crippen molar-refractivity contribution < 1.29 is 9.59 Å². The van der Waals surface area contributed by atoms with Gasteiger partial charge < -0.3 is 10.6 Å². The zero-order valence-corrected chi connectivity index (χ0v) is 14.3. The lowest BCUT2D eigenvalue weighted by Gasteiger charge is -2.22. The van der Waals surface area contributed by atoms with E-state index < -0.39 is 5.91 Å². The van der Waals surface area contributed by atoms with Crippen LogP contribution in [0.5, 0.6) is 0 Å². The Bertz CT molecular complexity index is 876. The molecule has 2 N–H and O–H groups in total. The Labute approximate surface area is 151 Å². The van der Waals surface area contributed by atoms with Crippen molar-refractivity contribution in [2.75, 3.05) is 6.54 Å². The fourth-order valence-corrected chi connectivity index (χ4v) is 2.69. The lowest BCUT2D eigenvalue weighted by molar-refractivity contribution is -0.118. The molecule has 0 radical (unpaired) electrons. The lowest BCUT2D eigenvalue weighted by atomic mass is 10.1. The standard InChI is InChI=1S/C20H20N4O2/c21-19(25)10-13-23(15-16-6-2-1-3-7-16)20(26)17-8-4-9-18(14-17)24-12-5-11-22-24/h1-9,11-12,14H,10,13,15H2,(H2,21,25). The second kappa shape index (κ2) is 8.11. The number of aromatic nitrogens is 2. The van der Waals surface area contributed by atoms with Gasteiger partial charge in [-0.3, -0.25) is 9.59 Å². The first-order chi connectivity index (χ1) is 12.6. The van der Waals surface area contributed by atoms with Gasteiger partial charge >= 0.3 is 0 Å². The molecule has 1 heterocycles. The topological polar surface area (TPSA) is 81.2 Å². The molecule has 0 bridgehead atoms. The maximum atomic E-state index is 13.0. The van der Waals surface area contributed by atoms with Crippen LogP contribution >= 0.6 is 0 Å². The molecular weight excluding hydrogens is 328 g/mol. The lowest BCUT2D eigenvalue weighted by Crippen LogP contribution is -2.33. The maximum absolute atomic E-state index is 13.0. The van der Waals surface area contributed by atoms with Crippen molar-refractivity contribution in [3.8, 4) is 5.69 Å². The van der Waals surface area contributed by atoms with E-state index in [1.54, 1.807) is 27.9 Å². The molecule has 0 aliphatic carbocycles. The van der Waals surface area contributed by atoms with Crippen LogP contribution in [0, 0.1) is 0 Å². The molecule has 0 atom stereocenters. The molecule has 6 heteroatoms. The molecule has 0 aliphatic heterocycles. The van der Waals surface area contributed by atoms with Crippen molar-refractivity contribution in [2.24, 2.45) is 5.73 Å². The summed E-state index contributed by atoms with van der Waals surface area (Å²) < 4.78 is 1.70. The summed E-state index contributed by atoms with van der Waals surface area (Å²) in [5, 5.41) is 4.19. The van der Waals surface area contributed by atoms with E-state index in [1.165, 1.54) is 0 Å². The molecule has 2 aromatic carbocycles. The number of hydrogen-bond donors (Lipinski definition) is 1. The van der Waals surface area contributed by atoms with Crippen LogP contribution in [0.4, 0.5) is 0 Å². The first kappa shape index (κ1) is 17.4. The Balaban J connectivity index is 1.84. The number of carbonyl (C=O) groups excluding carboxylic acids is 2. The van der Waals surface area contributed by atoms with E-state index in [0.29, 0.717) is 12.1 Å². The van der Waals surface area contributed by atoms with Crippen molar-refractivity contribution in [3.63, 3.8) is 0 Å². The van der Waals surface area contributed by atoms with E-state index in [4.69, 9.17) is 5.73 Å². The van der Waals surface area contributed by atoms with Gasteiger partial charge in [0.25, 0.3) is 5.91 Å². The highest BCUT2D eigenvalue weighted by atomic mass is 16.2. The zero-order valence-electron chi connectivity index (χ0n) is 14.3. The van der Waals surface area contributed by atoms with E-state index >= 15 is 0 Å². The van der Waals surface area contributed by atoms with Crippen LogP contribution in [-0.4, -0.2) is 33.0 Å². The van der Waals surface area contributed by atoms with Crippen LogP contribution in [0.25, 0.3) is 5.69 Å². The van der Waals surface area contributed by atoms with Gasteiger partial charge in [0, 0.05) is 37.5 Å². The molecule has 0 saturated heterocycles. The molecule has 0 spiro atoms. The third-order valence-corrected chi connectivity index (χ3v) is 3.99. The predicted molar refractivity (Wildman–Crippen MR) is 98.6 cm³/mol. The van der Waals surface area contributed by atoms with Crippen molar-refractivity contribution in [1.29, 1.82) is 0 Å². The third-order valence-electron chi connectivity index (χ3n) is 3.99. The molecule has 26 heavy (non-hydrogen) atoms. The monoisotopic (exact) mass is 348 g/mol. The number of carbonyl (C=O) groups is 2. The van der Waals surface area contributed by atoms with Gasteiger partial charge in [-0.1, -0.05) is 36.4 Å². The Morgan fingerprint density at radius 3 is 2.54 bits per heavy atom. The van der Waals surface area contributed by atoms with E-state index in [1.807, 2.05) is 54.7 Å². The van der Waals surface area contributed by atoms with E-state index in [2.05, 4.69) is 5.10 Å². The minimum absolute atomic E-state index is 0.122. The third kappa shape index (κ3) is 4.36. The van der Waals surface area contributed by atoms with Crippen LogP contribution in [0.3, 0.4) is 0 Å². The SMILES string of the molecule is NC(=O)CCN(Cc1ccccc1)C(=O)c1cccc(-n2cccn2)c1.